The fraction of sp³-hybridized carbons (Fsp3) is 0.211. The van der Waals surface area contributed by atoms with Gasteiger partial charge in [-0.2, -0.15) is 11.8 Å². The standard InChI is InChI=1S/C19H19Cl2NOS/c1-14-2-4-15(5-3-14)6-9-19(23)22-10-11-24-13-16-7-8-17(20)12-18(16)21/h2-9,12H,10-11,13H2,1H3,(H,22,23)/b9-6+. The van der Waals surface area contributed by atoms with Crippen LogP contribution >= 0.6 is 35.0 Å². The molecule has 1 amide bonds. The van der Waals surface area contributed by atoms with E-state index in [2.05, 4.69) is 5.32 Å². The Balaban J connectivity index is 1.66. The zero-order valence-electron chi connectivity index (χ0n) is 13.4. The number of carbonyl (C=O) groups is 1. The minimum Gasteiger partial charge on any atom is -0.352 e. The third-order valence-electron chi connectivity index (χ3n) is 3.32. The molecule has 0 aliphatic heterocycles. The van der Waals surface area contributed by atoms with Gasteiger partial charge in [-0.05, 0) is 36.3 Å². The number of thioether (sulfide) groups is 1. The Hall–Kier alpha value is -1.42. The van der Waals surface area contributed by atoms with Gasteiger partial charge in [0.15, 0.2) is 0 Å². The molecule has 2 aromatic carbocycles. The number of aryl methyl sites for hydroxylation is 1. The summed E-state index contributed by atoms with van der Waals surface area (Å²) in [5.74, 6) is 1.54. The summed E-state index contributed by atoms with van der Waals surface area (Å²) >= 11 is 13.7. The van der Waals surface area contributed by atoms with Crippen molar-refractivity contribution in [2.24, 2.45) is 0 Å². The summed E-state index contributed by atoms with van der Waals surface area (Å²) in [5, 5.41) is 4.19. The van der Waals surface area contributed by atoms with E-state index in [-0.39, 0.29) is 5.91 Å². The molecule has 0 heterocycles. The number of carbonyl (C=O) groups excluding carboxylic acids is 1. The Morgan fingerprint density at radius 3 is 2.62 bits per heavy atom. The lowest BCUT2D eigenvalue weighted by molar-refractivity contribution is -0.116. The van der Waals surface area contributed by atoms with Gasteiger partial charge in [0.1, 0.15) is 0 Å². The van der Waals surface area contributed by atoms with Gasteiger partial charge in [-0.15, -0.1) is 0 Å². The van der Waals surface area contributed by atoms with Crippen molar-refractivity contribution in [2.45, 2.75) is 12.7 Å². The molecule has 24 heavy (non-hydrogen) atoms. The molecular formula is C19H19Cl2NOS. The minimum absolute atomic E-state index is 0.0827. The molecule has 0 spiro atoms. The first kappa shape index (κ1) is 18.9. The second-order valence-corrected chi connectivity index (χ2v) is 7.27. The normalized spacial score (nSPS) is 11.0. The number of hydrogen-bond acceptors (Lipinski definition) is 2. The van der Waals surface area contributed by atoms with Crippen molar-refractivity contribution < 1.29 is 4.79 Å². The number of rotatable bonds is 7. The average Bonchev–Trinajstić information content (AvgIpc) is 2.56. The summed E-state index contributed by atoms with van der Waals surface area (Å²) in [4.78, 5) is 11.8. The molecule has 0 bridgehead atoms. The van der Waals surface area contributed by atoms with Gasteiger partial charge in [-0.25, -0.2) is 0 Å². The maximum atomic E-state index is 11.8. The topological polar surface area (TPSA) is 29.1 Å². The molecule has 5 heteroatoms. The Kier molecular flexibility index (Phi) is 7.70. The van der Waals surface area contributed by atoms with E-state index in [0.717, 1.165) is 22.6 Å². The van der Waals surface area contributed by atoms with Crippen LogP contribution < -0.4 is 5.32 Å². The second kappa shape index (κ2) is 9.77. The van der Waals surface area contributed by atoms with Crippen LogP contribution in [0.5, 0.6) is 0 Å². The van der Waals surface area contributed by atoms with Crippen molar-refractivity contribution in [2.75, 3.05) is 12.3 Å². The van der Waals surface area contributed by atoms with Crippen LogP contribution in [0.2, 0.25) is 10.0 Å². The lowest BCUT2D eigenvalue weighted by Gasteiger charge is -2.05. The first-order chi connectivity index (χ1) is 11.5. The molecule has 126 valence electrons. The van der Waals surface area contributed by atoms with Crippen LogP contribution in [0.3, 0.4) is 0 Å². The molecule has 0 aliphatic carbocycles. The van der Waals surface area contributed by atoms with Gasteiger partial charge in [0.25, 0.3) is 0 Å². The van der Waals surface area contributed by atoms with E-state index in [4.69, 9.17) is 23.2 Å². The number of amides is 1. The summed E-state index contributed by atoms with van der Waals surface area (Å²) in [6.07, 6.45) is 3.38. The number of benzene rings is 2. The maximum absolute atomic E-state index is 11.8. The maximum Gasteiger partial charge on any atom is 0.244 e. The van der Waals surface area contributed by atoms with Gasteiger partial charge in [-0.1, -0.05) is 59.1 Å². The fourth-order valence-electron chi connectivity index (χ4n) is 1.98. The van der Waals surface area contributed by atoms with E-state index in [1.54, 1.807) is 23.9 Å². The largest absolute Gasteiger partial charge is 0.352 e. The van der Waals surface area contributed by atoms with Crippen LogP contribution in [0.25, 0.3) is 6.08 Å². The highest BCUT2D eigenvalue weighted by Gasteiger charge is 2.02. The molecule has 2 nitrogen and oxygen atoms in total. The summed E-state index contributed by atoms with van der Waals surface area (Å²) in [6, 6.07) is 13.5. The van der Waals surface area contributed by atoms with Gasteiger partial charge in [0.05, 0.1) is 0 Å². The van der Waals surface area contributed by atoms with Crippen LogP contribution in [0, 0.1) is 6.92 Å². The lowest BCUT2D eigenvalue weighted by atomic mass is 10.1. The number of hydrogen-bond donors (Lipinski definition) is 1. The Labute approximate surface area is 157 Å². The summed E-state index contributed by atoms with van der Waals surface area (Å²) in [7, 11) is 0. The molecule has 0 saturated heterocycles. The molecule has 1 N–H and O–H groups in total. The smallest absolute Gasteiger partial charge is 0.244 e. The molecule has 0 saturated carbocycles. The molecule has 0 aromatic heterocycles. The summed E-state index contributed by atoms with van der Waals surface area (Å²) in [6.45, 7) is 2.65. The first-order valence-electron chi connectivity index (χ1n) is 7.59. The van der Waals surface area contributed by atoms with Crippen LogP contribution in [0.1, 0.15) is 16.7 Å². The zero-order valence-corrected chi connectivity index (χ0v) is 15.7. The average molecular weight is 380 g/mol. The van der Waals surface area contributed by atoms with E-state index in [1.807, 2.05) is 49.4 Å². The molecule has 0 unspecified atom stereocenters. The van der Waals surface area contributed by atoms with Gasteiger partial charge >= 0.3 is 0 Å². The zero-order chi connectivity index (χ0) is 17.4. The number of halogens is 2. The van der Waals surface area contributed by atoms with Crippen LogP contribution in [0.4, 0.5) is 0 Å². The van der Waals surface area contributed by atoms with Gasteiger partial charge in [0.2, 0.25) is 5.91 Å². The highest BCUT2D eigenvalue weighted by atomic mass is 35.5. The van der Waals surface area contributed by atoms with Crippen molar-refractivity contribution >= 4 is 46.9 Å². The van der Waals surface area contributed by atoms with Crippen molar-refractivity contribution in [3.05, 3.63) is 75.3 Å². The van der Waals surface area contributed by atoms with Gasteiger partial charge in [0, 0.05) is 34.2 Å². The molecule has 2 rings (SSSR count). The van der Waals surface area contributed by atoms with Crippen molar-refractivity contribution in [3.63, 3.8) is 0 Å². The summed E-state index contributed by atoms with van der Waals surface area (Å²) in [5.41, 5.74) is 3.27. The first-order valence-corrected chi connectivity index (χ1v) is 9.50. The predicted octanol–water partition coefficient (Wildman–Crippen LogP) is 5.36. The Bertz CT molecular complexity index is 714. The SMILES string of the molecule is Cc1ccc(/C=C/C(=O)NCCSCc2ccc(Cl)cc2Cl)cc1. The van der Waals surface area contributed by atoms with E-state index in [0.29, 0.717) is 16.6 Å². The van der Waals surface area contributed by atoms with Crippen molar-refractivity contribution in [3.8, 4) is 0 Å². The third-order valence-corrected chi connectivity index (χ3v) is 4.92. The number of nitrogens with one attached hydrogen (secondary N) is 1. The predicted molar refractivity (Wildman–Crippen MR) is 106 cm³/mol. The monoisotopic (exact) mass is 379 g/mol. The van der Waals surface area contributed by atoms with E-state index >= 15 is 0 Å². The molecule has 0 fully saturated rings. The highest BCUT2D eigenvalue weighted by molar-refractivity contribution is 7.98. The van der Waals surface area contributed by atoms with E-state index in [1.165, 1.54) is 5.56 Å². The lowest BCUT2D eigenvalue weighted by Crippen LogP contribution is -2.23. The van der Waals surface area contributed by atoms with Crippen LogP contribution in [-0.4, -0.2) is 18.2 Å². The van der Waals surface area contributed by atoms with E-state index < -0.39 is 0 Å². The van der Waals surface area contributed by atoms with Gasteiger partial charge < -0.3 is 5.32 Å². The quantitative estimate of drug-likeness (QED) is 0.517. The Morgan fingerprint density at radius 2 is 1.92 bits per heavy atom. The summed E-state index contributed by atoms with van der Waals surface area (Å²) < 4.78 is 0. The minimum atomic E-state index is -0.0827. The van der Waals surface area contributed by atoms with Gasteiger partial charge in [-0.3, -0.25) is 4.79 Å². The Morgan fingerprint density at radius 1 is 1.17 bits per heavy atom. The molecule has 0 aliphatic rings. The van der Waals surface area contributed by atoms with E-state index in [9.17, 15) is 4.79 Å². The van der Waals surface area contributed by atoms with Crippen molar-refractivity contribution in [1.82, 2.24) is 5.32 Å². The molecule has 2 aromatic rings. The molecule has 0 atom stereocenters. The molecule has 0 radical (unpaired) electrons. The highest BCUT2D eigenvalue weighted by Crippen LogP contribution is 2.24. The van der Waals surface area contributed by atoms with Crippen LogP contribution in [0.15, 0.2) is 48.5 Å². The second-order valence-electron chi connectivity index (χ2n) is 5.32. The molecular weight excluding hydrogens is 361 g/mol. The van der Waals surface area contributed by atoms with Crippen LogP contribution in [-0.2, 0) is 10.5 Å². The van der Waals surface area contributed by atoms with Crippen molar-refractivity contribution in [1.29, 1.82) is 0 Å². The fourth-order valence-corrected chi connectivity index (χ4v) is 3.39. The third kappa shape index (κ3) is 6.60.